The Kier molecular flexibility index (Phi) is 4.72. The summed E-state index contributed by atoms with van der Waals surface area (Å²) in [6.45, 7) is 2.36. The molecule has 82 valence electrons. The standard InChI is InChI=1S/C8H11N3O3S/c1-2-13-5-14-11-6(3-12)7-4-15-8(9)10-7/h3-4H,2,5H2,1H3,(H2,9,10). The van der Waals surface area contributed by atoms with E-state index in [1.54, 1.807) is 5.38 Å². The number of carbonyl (C=O) groups is 1. The number of anilines is 1. The molecule has 0 aliphatic heterocycles. The molecule has 1 aromatic rings. The van der Waals surface area contributed by atoms with E-state index in [2.05, 4.69) is 10.1 Å². The van der Waals surface area contributed by atoms with Crippen molar-refractivity contribution in [3.8, 4) is 0 Å². The van der Waals surface area contributed by atoms with Crippen LogP contribution >= 0.6 is 11.3 Å². The number of thiazole rings is 1. The summed E-state index contributed by atoms with van der Waals surface area (Å²) in [6, 6.07) is 0. The highest BCUT2D eigenvalue weighted by atomic mass is 32.1. The molecule has 0 radical (unpaired) electrons. The van der Waals surface area contributed by atoms with Crippen molar-refractivity contribution in [3.63, 3.8) is 0 Å². The molecule has 7 heteroatoms. The van der Waals surface area contributed by atoms with Gasteiger partial charge < -0.3 is 15.3 Å². The lowest BCUT2D eigenvalue weighted by Gasteiger charge is -1.98. The SMILES string of the molecule is CCOCON=C(C=O)c1csc(N)n1. The maximum Gasteiger partial charge on any atom is 0.216 e. The van der Waals surface area contributed by atoms with Crippen LogP contribution in [0.25, 0.3) is 0 Å². The van der Waals surface area contributed by atoms with Gasteiger partial charge in [-0.3, -0.25) is 4.79 Å². The van der Waals surface area contributed by atoms with Gasteiger partial charge in [-0.15, -0.1) is 11.3 Å². The third-order valence-corrected chi connectivity index (χ3v) is 2.07. The molecule has 0 aliphatic rings. The van der Waals surface area contributed by atoms with Crippen molar-refractivity contribution in [2.75, 3.05) is 19.1 Å². The van der Waals surface area contributed by atoms with Gasteiger partial charge in [0.05, 0.1) is 0 Å². The Labute approximate surface area is 90.7 Å². The number of nitrogen functional groups attached to an aromatic ring is 1. The lowest BCUT2D eigenvalue weighted by Crippen LogP contribution is -2.05. The van der Waals surface area contributed by atoms with Gasteiger partial charge in [-0.2, -0.15) is 0 Å². The molecule has 0 saturated carbocycles. The average molecular weight is 229 g/mol. The van der Waals surface area contributed by atoms with E-state index >= 15 is 0 Å². The third-order valence-electron chi connectivity index (χ3n) is 1.40. The number of hydrogen-bond acceptors (Lipinski definition) is 7. The Hall–Kier alpha value is -1.47. The normalized spacial score (nSPS) is 11.4. The van der Waals surface area contributed by atoms with Crippen LogP contribution in [0.4, 0.5) is 5.13 Å². The van der Waals surface area contributed by atoms with Crippen LogP contribution in [0.15, 0.2) is 10.5 Å². The van der Waals surface area contributed by atoms with Crippen LogP contribution in [0.1, 0.15) is 12.6 Å². The molecular weight excluding hydrogens is 218 g/mol. The molecule has 0 aromatic carbocycles. The zero-order valence-corrected chi connectivity index (χ0v) is 8.99. The molecule has 0 saturated heterocycles. The average Bonchev–Trinajstić information content (AvgIpc) is 2.65. The first-order chi connectivity index (χ1) is 7.27. The summed E-state index contributed by atoms with van der Waals surface area (Å²) in [4.78, 5) is 19.3. The van der Waals surface area contributed by atoms with Crippen LogP contribution in [0.5, 0.6) is 0 Å². The second-order valence-electron chi connectivity index (χ2n) is 2.41. The minimum absolute atomic E-state index is 0.00740. The first-order valence-corrected chi connectivity index (χ1v) is 5.10. The van der Waals surface area contributed by atoms with Crippen molar-refractivity contribution in [1.29, 1.82) is 0 Å². The molecule has 1 heterocycles. The summed E-state index contributed by atoms with van der Waals surface area (Å²) in [6.07, 6.45) is 0.556. The predicted octanol–water partition coefficient (Wildman–Crippen LogP) is 0.639. The van der Waals surface area contributed by atoms with Crippen molar-refractivity contribution in [2.45, 2.75) is 6.92 Å². The van der Waals surface area contributed by atoms with Gasteiger partial charge >= 0.3 is 0 Å². The van der Waals surface area contributed by atoms with E-state index in [1.165, 1.54) is 11.3 Å². The van der Waals surface area contributed by atoms with E-state index in [0.717, 1.165) is 0 Å². The minimum Gasteiger partial charge on any atom is -0.375 e. The van der Waals surface area contributed by atoms with E-state index in [9.17, 15) is 4.79 Å². The summed E-state index contributed by atoms with van der Waals surface area (Å²) >= 11 is 1.23. The van der Waals surface area contributed by atoms with E-state index in [4.69, 9.17) is 15.3 Å². The molecule has 0 amide bonds. The summed E-state index contributed by atoms with van der Waals surface area (Å²) in [5, 5.41) is 5.59. The number of hydrogen-bond donors (Lipinski definition) is 1. The molecule has 0 fully saturated rings. The Bertz CT molecular complexity index is 351. The lowest BCUT2D eigenvalue weighted by atomic mass is 10.3. The highest BCUT2D eigenvalue weighted by Gasteiger charge is 2.07. The van der Waals surface area contributed by atoms with Gasteiger partial charge in [-0.05, 0) is 6.92 Å². The molecule has 0 spiro atoms. The van der Waals surface area contributed by atoms with E-state index in [0.29, 0.717) is 23.7 Å². The first-order valence-electron chi connectivity index (χ1n) is 4.22. The highest BCUT2D eigenvalue weighted by molar-refractivity contribution is 7.13. The van der Waals surface area contributed by atoms with E-state index in [-0.39, 0.29) is 12.5 Å². The molecule has 1 rings (SSSR count). The van der Waals surface area contributed by atoms with E-state index < -0.39 is 0 Å². The fourth-order valence-electron chi connectivity index (χ4n) is 0.750. The molecule has 15 heavy (non-hydrogen) atoms. The molecule has 6 nitrogen and oxygen atoms in total. The third kappa shape index (κ3) is 3.64. The topological polar surface area (TPSA) is 86.8 Å². The van der Waals surface area contributed by atoms with Gasteiger partial charge in [0.2, 0.25) is 6.79 Å². The van der Waals surface area contributed by atoms with E-state index in [1.807, 2.05) is 6.92 Å². The van der Waals surface area contributed by atoms with Crippen LogP contribution in [0.3, 0.4) is 0 Å². The maximum absolute atomic E-state index is 10.7. The quantitative estimate of drug-likeness (QED) is 0.254. The predicted molar refractivity (Wildman–Crippen MR) is 56.7 cm³/mol. The van der Waals surface area contributed by atoms with Gasteiger partial charge in [-0.25, -0.2) is 4.98 Å². The van der Waals surface area contributed by atoms with Crippen LogP contribution in [-0.2, 0) is 14.4 Å². The Morgan fingerprint density at radius 3 is 3.13 bits per heavy atom. The summed E-state index contributed by atoms with van der Waals surface area (Å²) in [5.74, 6) is 0. The van der Waals surface area contributed by atoms with Crippen LogP contribution in [-0.4, -0.2) is 30.4 Å². The number of rotatable bonds is 6. The Balaban J connectivity index is 2.59. The largest absolute Gasteiger partial charge is 0.375 e. The Morgan fingerprint density at radius 2 is 2.60 bits per heavy atom. The number of aldehydes is 1. The Morgan fingerprint density at radius 1 is 1.80 bits per heavy atom. The molecular formula is C8H11N3O3S. The van der Waals surface area contributed by atoms with Crippen LogP contribution in [0.2, 0.25) is 0 Å². The number of oxime groups is 1. The summed E-state index contributed by atoms with van der Waals surface area (Å²) in [7, 11) is 0. The van der Waals surface area contributed by atoms with Gasteiger partial charge in [0.1, 0.15) is 5.69 Å². The zero-order chi connectivity index (χ0) is 11.1. The molecule has 0 unspecified atom stereocenters. The number of carbonyl (C=O) groups excluding carboxylic acids is 1. The molecule has 1 aromatic heterocycles. The summed E-state index contributed by atoms with van der Waals surface area (Å²) in [5.41, 5.74) is 5.92. The van der Waals surface area contributed by atoms with Crippen molar-refractivity contribution < 1.29 is 14.4 Å². The number of aromatic nitrogens is 1. The van der Waals surface area contributed by atoms with Gasteiger partial charge in [0.15, 0.2) is 17.1 Å². The molecule has 0 aliphatic carbocycles. The van der Waals surface area contributed by atoms with Gasteiger partial charge in [0.25, 0.3) is 0 Å². The molecule has 2 N–H and O–H groups in total. The fraction of sp³-hybridized carbons (Fsp3) is 0.375. The van der Waals surface area contributed by atoms with Gasteiger partial charge in [-0.1, -0.05) is 5.16 Å². The minimum atomic E-state index is 0.00740. The molecule has 0 bridgehead atoms. The number of nitrogens with two attached hydrogens (primary N) is 1. The summed E-state index contributed by atoms with van der Waals surface area (Å²) < 4.78 is 4.88. The van der Waals surface area contributed by atoms with Crippen molar-refractivity contribution in [2.24, 2.45) is 5.16 Å². The maximum atomic E-state index is 10.7. The second kappa shape index (κ2) is 6.10. The number of nitrogens with zero attached hydrogens (tertiary/aromatic N) is 2. The van der Waals surface area contributed by atoms with Crippen LogP contribution in [0, 0.1) is 0 Å². The highest BCUT2D eigenvalue weighted by Crippen LogP contribution is 2.11. The second-order valence-corrected chi connectivity index (χ2v) is 3.29. The zero-order valence-electron chi connectivity index (χ0n) is 8.17. The van der Waals surface area contributed by atoms with Crippen molar-refractivity contribution in [3.05, 3.63) is 11.1 Å². The van der Waals surface area contributed by atoms with Crippen LogP contribution < -0.4 is 5.73 Å². The lowest BCUT2D eigenvalue weighted by molar-refractivity contribution is -0.103. The monoisotopic (exact) mass is 229 g/mol. The van der Waals surface area contributed by atoms with Gasteiger partial charge in [0, 0.05) is 12.0 Å². The van der Waals surface area contributed by atoms with Crippen molar-refractivity contribution >= 4 is 28.5 Å². The fourth-order valence-corrected chi connectivity index (χ4v) is 1.31. The number of ether oxygens (including phenoxy) is 1. The van der Waals surface area contributed by atoms with Crippen molar-refractivity contribution in [1.82, 2.24) is 4.98 Å². The molecule has 0 atom stereocenters. The smallest absolute Gasteiger partial charge is 0.216 e. The first kappa shape index (κ1) is 11.6.